The van der Waals surface area contributed by atoms with E-state index in [1.54, 1.807) is 6.33 Å². The van der Waals surface area contributed by atoms with E-state index in [9.17, 15) is 0 Å². The molecule has 2 aliphatic rings. The van der Waals surface area contributed by atoms with Crippen molar-refractivity contribution in [2.24, 2.45) is 7.05 Å². The fraction of sp³-hybridized carbons (Fsp3) is 0.611. The van der Waals surface area contributed by atoms with Gasteiger partial charge in [-0.2, -0.15) is 5.10 Å². The van der Waals surface area contributed by atoms with E-state index in [-0.39, 0.29) is 0 Å². The fourth-order valence-electron chi connectivity index (χ4n) is 3.96. The van der Waals surface area contributed by atoms with Crippen LogP contribution in [0.3, 0.4) is 0 Å². The van der Waals surface area contributed by atoms with E-state index in [0.717, 1.165) is 56.8 Å². The van der Waals surface area contributed by atoms with Gasteiger partial charge in [-0.05, 0) is 39.0 Å². The zero-order valence-corrected chi connectivity index (χ0v) is 14.6. The Kier molecular flexibility index (Phi) is 4.22. The lowest BCUT2D eigenvalue weighted by atomic mass is 10.0. The molecule has 0 saturated carbocycles. The molecule has 0 bridgehead atoms. The molecule has 6 nitrogen and oxygen atoms in total. The van der Waals surface area contributed by atoms with E-state index in [2.05, 4.69) is 38.4 Å². The molecule has 0 radical (unpaired) electrons. The molecule has 24 heavy (non-hydrogen) atoms. The highest BCUT2D eigenvalue weighted by Gasteiger charge is 2.23. The van der Waals surface area contributed by atoms with Gasteiger partial charge in [0.15, 0.2) is 0 Å². The topological polar surface area (TPSA) is 58.9 Å². The standard InChI is InChI=1S/C18H26N6/c1-13-14(10-23(2)22-13)11-24-8-6-15(7-9-24)21-18-16-4-3-5-17(16)19-12-20-18/h10,12,15H,3-9,11H2,1-2H3,(H,19,20,21). The molecule has 1 fully saturated rings. The number of nitrogens with one attached hydrogen (secondary N) is 1. The zero-order chi connectivity index (χ0) is 16.5. The second-order valence-electron chi connectivity index (χ2n) is 7.11. The third kappa shape index (κ3) is 3.15. The number of hydrogen-bond acceptors (Lipinski definition) is 5. The van der Waals surface area contributed by atoms with Gasteiger partial charge in [-0.25, -0.2) is 9.97 Å². The summed E-state index contributed by atoms with van der Waals surface area (Å²) in [6, 6.07) is 0.524. The van der Waals surface area contributed by atoms with Gasteiger partial charge in [0.2, 0.25) is 0 Å². The van der Waals surface area contributed by atoms with Crippen molar-refractivity contribution in [1.29, 1.82) is 0 Å². The van der Waals surface area contributed by atoms with Crippen molar-refractivity contribution >= 4 is 5.82 Å². The van der Waals surface area contributed by atoms with Crippen LogP contribution in [-0.2, 0) is 26.4 Å². The highest BCUT2D eigenvalue weighted by molar-refractivity contribution is 5.48. The molecule has 2 aromatic rings. The van der Waals surface area contributed by atoms with Crippen LogP contribution >= 0.6 is 0 Å². The number of anilines is 1. The third-order valence-electron chi connectivity index (χ3n) is 5.31. The Morgan fingerprint density at radius 2 is 2.04 bits per heavy atom. The molecule has 3 heterocycles. The Bertz CT molecular complexity index is 714. The molecule has 2 aromatic heterocycles. The molecular weight excluding hydrogens is 300 g/mol. The van der Waals surface area contributed by atoms with Gasteiger partial charge in [0, 0.05) is 55.7 Å². The van der Waals surface area contributed by atoms with Gasteiger partial charge in [-0.3, -0.25) is 9.58 Å². The Labute approximate surface area is 143 Å². The number of rotatable bonds is 4. The maximum atomic E-state index is 4.50. The van der Waals surface area contributed by atoms with Crippen LogP contribution in [0, 0.1) is 6.92 Å². The van der Waals surface area contributed by atoms with Crippen molar-refractivity contribution in [1.82, 2.24) is 24.6 Å². The Hall–Kier alpha value is -1.95. The number of aromatic nitrogens is 4. The van der Waals surface area contributed by atoms with Crippen LogP contribution in [0.25, 0.3) is 0 Å². The van der Waals surface area contributed by atoms with Crippen LogP contribution < -0.4 is 5.32 Å². The van der Waals surface area contributed by atoms with Gasteiger partial charge in [0.25, 0.3) is 0 Å². The highest BCUT2D eigenvalue weighted by Crippen LogP contribution is 2.27. The van der Waals surface area contributed by atoms with Crippen LogP contribution in [0.2, 0.25) is 0 Å². The summed E-state index contributed by atoms with van der Waals surface area (Å²) >= 11 is 0. The first-order chi connectivity index (χ1) is 11.7. The average molecular weight is 326 g/mol. The lowest BCUT2D eigenvalue weighted by molar-refractivity contribution is 0.211. The molecule has 1 aliphatic heterocycles. The van der Waals surface area contributed by atoms with Crippen molar-refractivity contribution in [2.75, 3.05) is 18.4 Å². The van der Waals surface area contributed by atoms with Gasteiger partial charge >= 0.3 is 0 Å². The summed E-state index contributed by atoms with van der Waals surface area (Å²) in [7, 11) is 1.99. The van der Waals surface area contributed by atoms with Crippen LogP contribution in [0.1, 0.15) is 41.8 Å². The van der Waals surface area contributed by atoms with Crippen LogP contribution in [0.15, 0.2) is 12.5 Å². The Balaban J connectivity index is 1.33. The molecule has 0 atom stereocenters. The Morgan fingerprint density at radius 1 is 1.21 bits per heavy atom. The van der Waals surface area contributed by atoms with Crippen molar-refractivity contribution < 1.29 is 0 Å². The first kappa shape index (κ1) is 15.6. The molecule has 0 aromatic carbocycles. The molecule has 1 aliphatic carbocycles. The summed E-state index contributed by atoms with van der Waals surface area (Å²) in [5.74, 6) is 1.08. The predicted octanol–water partition coefficient (Wildman–Crippen LogP) is 2.08. The molecule has 1 N–H and O–H groups in total. The maximum Gasteiger partial charge on any atom is 0.133 e. The smallest absolute Gasteiger partial charge is 0.133 e. The van der Waals surface area contributed by atoms with Crippen molar-refractivity contribution in [3.8, 4) is 0 Å². The van der Waals surface area contributed by atoms with Gasteiger partial charge in [-0.15, -0.1) is 0 Å². The molecule has 1 saturated heterocycles. The quantitative estimate of drug-likeness (QED) is 0.932. The summed E-state index contributed by atoms with van der Waals surface area (Å²) in [6.07, 6.45) is 9.63. The number of nitrogens with zero attached hydrogens (tertiary/aromatic N) is 5. The van der Waals surface area contributed by atoms with E-state index in [1.807, 2.05) is 11.7 Å². The lowest BCUT2D eigenvalue weighted by Gasteiger charge is -2.32. The molecule has 4 rings (SSSR count). The molecule has 128 valence electrons. The third-order valence-corrected chi connectivity index (χ3v) is 5.31. The fourth-order valence-corrected chi connectivity index (χ4v) is 3.96. The minimum absolute atomic E-state index is 0.524. The summed E-state index contributed by atoms with van der Waals surface area (Å²) in [4.78, 5) is 11.4. The predicted molar refractivity (Wildman–Crippen MR) is 93.9 cm³/mol. The minimum atomic E-state index is 0.524. The van der Waals surface area contributed by atoms with Crippen LogP contribution in [0.5, 0.6) is 0 Å². The van der Waals surface area contributed by atoms with Gasteiger partial charge in [-0.1, -0.05) is 0 Å². The van der Waals surface area contributed by atoms with E-state index in [0.29, 0.717) is 6.04 Å². The van der Waals surface area contributed by atoms with Gasteiger partial charge in [0.05, 0.1) is 5.69 Å². The maximum absolute atomic E-state index is 4.50. The first-order valence-electron chi connectivity index (χ1n) is 9.00. The lowest BCUT2D eigenvalue weighted by Crippen LogP contribution is -2.39. The number of aryl methyl sites for hydroxylation is 3. The molecule has 0 unspecified atom stereocenters. The summed E-state index contributed by atoms with van der Waals surface area (Å²) < 4.78 is 1.91. The van der Waals surface area contributed by atoms with E-state index >= 15 is 0 Å². The van der Waals surface area contributed by atoms with Crippen molar-refractivity contribution in [3.05, 3.63) is 35.0 Å². The second-order valence-corrected chi connectivity index (χ2v) is 7.11. The SMILES string of the molecule is Cc1nn(C)cc1CN1CCC(Nc2ncnc3c2CCC3)CC1. The largest absolute Gasteiger partial charge is 0.367 e. The van der Waals surface area contributed by atoms with Crippen molar-refractivity contribution in [3.63, 3.8) is 0 Å². The summed E-state index contributed by atoms with van der Waals surface area (Å²) in [5.41, 5.74) is 5.09. The summed E-state index contributed by atoms with van der Waals surface area (Å²) in [5, 5.41) is 8.13. The monoisotopic (exact) mass is 326 g/mol. The first-order valence-corrected chi connectivity index (χ1v) is 9.00. The number of hydrogen-bond donors (Lipinski definition) is 1. The summed E-state index contributed by atoms with van der Waals surface area (Å²) in [6.45, 7) is 5.35. The molecule has 6 heteroatoms. The number of likely N-dealkylation sites (tertiary alicyclic amines) is 1. The van der Waals surface area contributed by atoms with E-state index < -0.39 is 0 Å². The highest BCUT2D eigenvalue weighted by atomic mass is 15.3. The second kappa shape index (κ2) is 6.51. The molecular formula is C18H26N6. The molecule has 0 amide bonds. The Morgan fingerprint density at radius 3 is 2.79 bits per heavy atom. The van der Waals surface area contributed by atoms with E-state index in [1.165, 1.54) is 23.2 Å². The number of fused-ring (bicyclic) bond motifs is 1. The zero-order valence-electron chi connectivity index (χ0n) is 14.6. The minimum Gasteiger partial charge on any atom is -0.367 e. The van der Waals surface area contributed by atoms with Crippen LogP contribution in [0.4, 0.5) is 5.82 Å². The van der Waals surface area contributed by atoms with Gasteiger partial charge < -0.3 is 5.32 Å². The normalized spacial score (nSPS) is 18.8. The van der Waals surface area contributed by atoms with E-state index in [4.69, 9.17) is 0 Å². The number of piperidine rings is 1. The van der Waals surface area contributed by atoms with Crippen molar-refractivity contribution in [2.45, 2.75) is 51.6 Å². The molecule has 0 spiro atoms. The van der Waals surface area contributed by atoms with Crippen LogP contribution in [-0.4, -0.2) is 43.8 Å². The average Bonchev–Trinajstić information content (AvgIpc) is 3.16. The van der Waals surface area contributed by atoms with Gasteiger partial charge in [0.1, 0.15) is 12.1 Å².